The molecule has 3 rings (SSSR count). The van der Waals surface area contributed by atoms with Gasteiger partial charge in [-0.05, 0) is 24.0 Å². The highest BCUT2D eigenvalue weighted by Gasteiger charge is 2.31. The van der Waals surface area contributed by atoms with Gasteiger partial charge in [-0.2, -0.15) is 0 Å². The quantitative estimate of drug-likeness (QED) is 0.739. The summed E-state index contributed by atoms with van der Waals surface area (Å²) in [7, 11) is 0. The van der Waals surface area contributed by atoms with Crippen LogP contribution in [0.3, 0.4) is 0 Å². The number of thioether (sulfide) groups is 1. The highest BCUT2D eigenvalue weighted by Crippen LogP contribution is 2.27. The molecule has 0 aliphatic carbocycles. The Morgan fingerprint density at radius 2 is 1.85 bits per heavy atom. The average molecular weight is 392 g/mol. The summed E-state index contributed by atoms with van der Waals surface area (Å²) in [5.74, 6) is 0.403. The minimum absolute atomic E-state index is 0. The number of nitrogens with zero attached hydrogens (tertiary/aromatic N) is 1. The second-order valence-electron chi connectivity index (χ2n) is 6.44. The fourth-order valence-corrected chi connectivity index (χ4v) is 3.92. The molecule has 6 heteroatoms. The predicted octanol–water partition coefficient (Wildman–Crippen LogP) is 3.59. The van der Waals surface area contributed by atoms with E-state index in [1.165, 1.54) is 5.56 Å². The van der Waals surface area contributed by atoms with Crippen LogP contribution < -0.4 is 11.1 Å². The molecule has 0 spiro atoms. The Kier molecular flexibility index (Phi) is 7.97. The topological polar surface area (TPSA) is 58.4 Å². The van der Waals surface area contributed by atoms with Gasteiger partial charge in [-0.15, -0.1) is 24.2 Å². The number of rotatable bonds is 6. The van der Waals surface area contributed by atoms with Gasteiger partial charge in [0.1, 0.15) is 0 Å². The molecule has 1 saturated heterocycles. The van der Waals surface area contributed by atoms with Crippen LogP contribution in [0.25, 0.3) is 0 Å². The maximum atomic E-state index is 12.3. The van der Waals surface area contributed by atoms with Gasteiger partial charge in [0.15, 0.2) is 0 Å². The molecule has 2 atom stereocenters. The second kappa shape index (κ2) is 9.97. The average Bonchev–Trinajstić information content (AvgIpc) is 3.02. The molecule has 0 bridgehead atoms. The third-order valence-electron chi connectivity index (χ3n) is 4.70. The largest absolute Gasteiger partial charge is 0.326 e. The number of carbonyl (C=O) groups excluding carboxylic acids is 1. The summed E-state index contributed by atoms with van der Waals surface area (Å²) in [6, 6.07) is 18.4. The van der Waals surface area contributed by atoms with Crippen LogP contribution in [0.15, 0.2) is 59.5 Å². The third kappa shape index (κ3) is 5.24. The maximum absolute atomic E-state index is 12.3. The van der Waals surface area contributed by atoms with Crippen LogP contribution in [0.5, 0.6) is 0 Å². The van der Waals surface area contributed by atoms with Crippen LogP contribution in [0.1, 0.15) is 17.9 Å². The van der Waals surface area contributed by atoms with E-state index in [9.17, 15) is 4.79 Å². The van der Waals surface area contributed by atoms with E-state index in [-0.39, 0.29) is 24.4 Å². The summed E-state index contributed by atoms with van der Waals surface area (Å²) in [4.78, 5) is 15.7. The summed E-state index contributed by atoms with van der Waals surface area (Å²) >= 11 is 1.64. The van der Waals surface area contributed by atoms with Crippen molar-refractivity contribution in [3.05, 3.63) is 60.2 Å². The van der Waals surface area contributed by atoms with Gasteiger partial charge in [-0.1, -0.05) is 42.5 Å². The monoisotopic (exact) mass is 391 g/mol. The summed E-state index contributed by atoms with van der Waals surface area (Å²) in [5.41, 5.74) is 8.50. The minimum atomic E-state index is 0. The second-order valence-corrected chi connectivity index (χ2v) is 7.29. The van der Waals surface area contributed by atoms with Crippen LogP contribution in [0.4, 0.5) is 5.69 Å². The number of halogens is 1. The molecule has 0 aromatic heterocycles. The van der Waals surface area contributed by atoms with Crippen molar-refractivity contribution in [1.29, 1.82) is 0 Å². The highest BCUT2D eigenvalue weighted by molar-refractivity contribution is 7.98. The lowest BCUT2D eigenvalue weighted by atomic mass is 9.95. The molecule has 0 unspecified atom stereocenters. The number of para-hydroxylation sites is 1. The van der Waals surface area contributed by atoms with Gasteiger partial charge < -0.3 is 16.0 Å². The van der Waals surface area contributed by atoms with Crippen molar-refractivity contribution in [2.45, 2.75) is 23.3 Å². The summed E-state index contributed by atoms with van der Waals surface area (Å²) in [6.45, 7) is 2.50. The fourth-order valence-electron chi connectivity index (χ4n) is 3.37. The zero-order valence-corrected chi connectivity index (χ0v) is 16.6. The van der Waals surface area contributed by atoms with Gasteiger partial charge in [0, 0.05) is 42.9 Å². The fraction of sp³-hybridized carbons (Fsp3) is 0.350. The predicted molar refractivity (Wildman–Crippen MR) is 112 cm³/mol. The molecule has 2 aromatic rings. The molecule has 1 fully saturated rings. The van der Waals surface area contributed by atoms with Crippen LogP contribution in [-0.4, -0.2) is 42.7 Å². The van der Waals surface area contributed by atoms with E-state index in [0.29, 0.717) is 12.3 Å². The van der Waals surface area contributed by atoms with Gasteiger partial charge in [0.25, 0.3) is 0 Å². The molecule has 0 saturated carbocycles. The van der Waals surface area contributed by atoms with E-state index in [2.05, 4.69) is 34.5 Å². The number of likely N-dealkylation sites (tertiary alicyclic amines) is 1. The van der Waals surface area contributed by atoms with Crippen molar-refractivity contribution in [2.75, 3.05) is 31.2 Å². The van der Waals surface area contributed by atoms with Crippen molar-refractivity contribution in [2.24, 2.45) is 5.73 Å². The lowest BCUT2D eigenvalue weighted by Crippen LogP contribution is -2.30. The van der Waals surface area contributed by atoms with Crippen molar-refractivity contribution in [3.63, 3.8) is 0 Å². The first-order valence-corrected chi connectivity index (χ1v) is 9.85. The molecule has 3 N–H and O–H groups in total. The molecular weight excluding hydrogens is 366 g/mol. The van der Waals surface area contributed by atoms with Gasteiger partial charge in [0.2, 0.25) is 5.91 Å². The molecule has 26 heavy (non-hydrogen) atoms. The van der Waals surface area contributed by atoms with Crippen LogP contribution in [-0.2, 0) is 4.79 Å². The minimum Gasteiger partial charge on any atom is -0.326 e. The molecular formula is C20H26ClN3OS. The van der Waals surface area contributed by atoms with E-state index in [1.807, 2.05) is 36.6 Å². The zero-order chi connectivity index (χ0) is 17.6. The lowest BCUT2D eigenvalue weighted by molar-refractivity contribution is -0.116. The van der Waals surface area contributed by atoms with E-state index in [1.54, 1.807) is 11.8 Å². The molecule has 1 aliphatic rings. The number of nitrogens with two attached hydrogens (primary N) is 1. The van der Waals surface area contributed by atoms with E-state index in [0.717, 1.165) is 30.2 Å². The Morgan fingerprint density at radius 1 is 1.15 bits per heavy atom. The maximum Gasteiger partial charge on any atom is 0.225 e. The Bertz CT molecular complexity index is 713. The number of carbonyl (C=O) groups is 1. The number of anilines is 1. The summed E-state index contributed by atoms with van der Waals surface area (Å²) in [5, 5.41) is 3.02. The Balaban J connectivity index is 0.00000243. The molecule has 0 radical (unpaired) electrons. The Labute approximate surface area is 165 Å². The standard InChI is InChI=1S/C20H25N3OS.ClH/c1-25-19-10-6-5-9-18(19)22-20(24)11-12-23-13-16(17(21)14-23)15-7-3-2-4-8-15;/h2-10,16-17H,11-14,21H2,1H3,(H,22,24);1H/t16-,17+;/m0./s1. The number of benzene rings is 2. The summed E-state index contributed by atoms with van der Waals surface area (Å²) < 4.78 is 0. The van der Waals surface area contributed by atoms with Crippen LogP contribution >= 0.6 is 24.2 Å². The van der Waals surface area contributed by atoms with E-state index >= 15 is 0 Å². The van der Waals surface area contributed by atoms with Gasteiger partial charge in [-0.3, -0.25) is 4.79 Å². The smallest absolute Gasteiger partial charge is 0.225 e. The van der Waals surface area contributed by atoms with Crippen molar-refractivity contribution >= 4 is 35.8 Å². The summed E-state index contributed by atoms with van der Waals surface area (Å²) in [6.07, 6.45) is 2.50. The molecule has 4 nitrogen and oxygen atoms in total. The first-order chi connectivity index (χ1) is 12.2. The Hall–Kier alpha value is -1.53. The molecule has 2 aromatic carbocycles. The molecule has 1 aliphatic heterocycles. The normalized spacial score (nSPS) is 19.8. The Morgan fingerprint density at radius 3 is 2.58 bits per heavy atom. The van der Waals surface area contributed by atoms with Crippen LogP contribution in [0.2, 0.25) is 0 Å². The van der Waals surface area contributed by atoms with Gasteiger partial charge in [-0.25, -0.2) is 0 Å². The zero-order valence-electron chi connectivity index (χ0n) is 14.9. The van der Waals surface area contributed by atoms with Gasteiger partial charge in [0.05, 0.1) is 5.69 Å². The van der Waals surface area contributed by atoms with Crippen molar-refractivity contribution in [3.8, 4) is 0 Å². The first-order valence-electron chi connectivity index (χ1n) is 8.63. The van der Waals surface area contributed by atoms with E-state index in [4.69, 9.17) is 5.73 Å². The van der Waals surface area contributed by atoms with Gasteiger partial charge >= 0.3 is 0 Å². The van der Waals surface area contributed by atoms with Crippen molar-refractivity contribution < 1.29 is 4.79 Å². The third-order valence-corrected chi connectivity index (χ3v) is 5.50. The number of nitrogens with one attached hydrogen (secondary N) is 1. The number of amides is 1. The molecule has 1 heterocycles. The molecule has 1 amide bonds. The first kappa shape index (κ1) is 20.8. The highest BCUT2D eigenvalue weighted by atomic mass is 35.5. The number of hydrogen-bond acceptors (Lipinski definition) is 4. The van der Waals surface area contributed by atoms with Crippen molar-refractivity contribution in [1.82, 2.24) is 4.90 Å². The lowest BCUT2D eigenvalue weighted by Gasteiger charge is -2.16. The number of hydrogen-bond donors (Lipinski definition) is 2. The molecule has 140 valence electrons. The van der Waals surface area contributed by atoms with Crippen LogP contribution in [0, 0.1) is 0 Å². The SMILES string of the molecule is CSc1ccccc1NC(=O)CCN1C[C@@H](N)[C@H](c2ccccc2)C1.Cl. The van der Waals surface area contributed by atoms with E-state index < -0.39 is 0 Å².